The van der Waals surface area contributed by atoms with Crippen LogP contribution in [0.5, 0.6) is 0 Å². The SMILES string of the molecule is O=C(NCCc1ccc(F)cc1)c1cccc(C(=O)N2CCOCC2)n1. The summed E-state index contributed by atoms with van der Waals surface area (Å²) in [5, 5.41) is 2.77. The molecule has 1 saturated heterocycles. The van der Waals surface area contributed by atoms with Crippen LogP contribution in [-0.2, 0) is 11.2 Å². The predicted molar refractivity (Wildman–Crippen MR) is 93.4 cm³/mol. The van der Waals surface area contributed by atoms with E-state index in [1.165, 1.54) is 12.1 Å². The second-order valence-electron chi connectivity index (χ2n) is 5.95. The van der Waals surface area contributed by atoms with Crippen molar-refractivity contribution in [3.8, 4) is 0 Å². The van der Waals surface area contributed by atoms with Crippen LogP contribution in [-0.4, -0.2) is 54.5 Å². The summed E-state index contributed by atoms with van der Waals surface area (Å²) in [5.74, 6) is -0.832. The minimum atomic E-state index is -0.344. The third-order valence-electron chi connectivity index (χ3n) is 4.11. The number of benzene rings is 1. The first-order valence-corrected chi connectivity index (χ1v) is 8.50. The third-order valence-corrected chi connectivity index (χ3v) is 4.11. The first-order chi connectivity index (χ1) is 12.6. The van der Waals surface area contributed by atoms with Crippen molar-refractivity contribution in [1.29, 1.82) is 0 Å². The molecule has 136 valence electrons. The van der Waals surface area contributed by atoms with Crippen molar-refractivity contribution in [3.05, 3.63) is 65.2 Å². The van der Waals surface area contributed by atoms with Gasteiger partial charge in [-0.1, -0.05) is 18.2 Å². The summed E-state index contributed by atoms with van der Waals surface area (Å²) in [5.41, 5.74) is 1.37. The third kappa shape index (κ3) is 4.64. The van der Waals surface area contributed by atoms with Crippen LogP contribution >= 0.6 is 0 Å². The highest BCUT2D eigenvalue weighted by atomic mass is 19.1. The van der Waals surface area contributed by atoms with E-state index in [2.05, 4.69) is 10.3 Å². The van der Waals surface area contributed by atoms with E-state index in [0.29, 0.717) is 39.3 Å². The summed E-state index contributed by atoms with van der Waals surface area (Å²) in [6.07, 6.45) is 0.582. The molecule has 6 nitrogen and oxygen atoms in total. The highest BCUT2D eigenvalue weighted by molar-refractivity contribution is 5.96. The van der Waals surface area contributed by atoms with E-state index in [9.17, 15) is 14.0 Å². The monoisotopic (exact) mass is 357 g/mol. The molecule has 0 saturated carbocycles. The lowest BCUT2D eigenvalue weighted by atomic mass is 10.1. The molecule has 3 rings (SSSR count). The molecule has 26 heavy (non-hydrogen) atoms. The van der Waals surface area contributed by atoms with Crippen molar-refractivity contribution in [2.24, 2.45) is 0 Å². The zero-order valence-electron chi connectivity index (χ0n) is 14.3. The van der Waals surface area contributed by atoms with Gasteiger partial charge in [0.1, 0.15) is 17.2 Å². The number of hydrogen-bond donors (Lipinski definition) is 1. The van der Waals surface area contributed by atoms with Gasteiger partial charge in [-0.05, 0) is 36.2 Å². The summed E-state index contributed by atoms with van der Waals surface area (Å²) < 4.78 is 18.1. The van der Waals surface area contributed by atoms with Gasteiger partial charge in [-0.25, -0.2) is 9.37 Å². The molecular weight excluding hydrogens is 337 g/mol. The van der Waals surface area contributed by atoms with E-state index in [0.717, 1.165) is 5.56 Å². The van der Waals surface area contributed by atoms with Gasteiger partial charge in [0, 0.05) is 19.6 Å². The maximum absolute atomic E-state index is 12.9. The summed E-state index contributed by atoms with van der Waals surface area (Å²) in [6.45, 7) is 2.46. The maximum Gasteiger partial charge on any atom is 0.272 e. The molecule has 0 spiro atoms. The van der Waals surface area contributed by atoms with E-state index in [4.69, 9.17) is 4.74 Å². The average molecular weight is 357 g/mol. The van der Waals surface area contributed by atoms with Crippen LogP contribution in [0.15, 0.2) is 42.5 Å². The van der Waals surface area contributed by atoms with Gasteiger partial charge in [-0.15, -0.1) is 0 Å². The van der Waals surface area contributed by atoms with E-state index in [-0.39, 0.29) is 29.0 Å². The predicted octanol–water partition coefficient (Wildman–Crippen LogP) is 1.67. The molecule has 7 heteroatoms. The summed E-state index contributed by atoms with van der Waals surface area (Å²) in [4.78, 5) is 30.6. The fourth-order valence-corrected chi connectivity index (χ4v) is 2.67. The number of carbonyl (C=O) groups is 2. The van der Waals surface area contributed by atoms with Gasteiger partial charge in [0.25, 0.3) is 11.8 Å². The van der Waals surface area contributed by atoms with Crippen LogP contribution < -0.4 is 5.32 Å². The smallest absolute Gasteiger partial charge is 0.272 e. The molecule has 0 atom stereocenters. The lowest BCUT2D eigenvalue weighted by Gasteiger charge is -2.26. The normalized spacial score (nSPS) is 14.1. The number of carbonyl (C=O) groups excluding carboxylic acids is 2. The van der Waals surface area contributed by atoms with Crippen LogP contribution in [0.4, 0.5) is 4.39 Å². The van der Waals surface area contributed by atoms with Crippen molar-refractivity contribution in [2.45, 2.75) is 6.42 Å². The largest absolute Gasteiger partial charge is 0.378 e. The Morgan fingerprint density at radius 1 is 1.08 bits per heavy atom. The highest BCUT2D eigenvalue weighted by Gasteiger charge is 2.20. The molecule has 0 radical (unpaired) electrons. The first-order valence-electron chi connectivity index (χ1n) is 8.50. The molecule has 0 aliphatic carbocycles. The summed E-state index contributed by atoms with van der Waals surface area (Å²) in [7, 11) is 0. The molecule has 0 unspecified atom stereocenters. The minimum Gasteiger partial charge on any atom is -0.378 e. The van der Waals surface area contributed by atoms with Gasteiger partial charge in [0.2, 0.25) is 0 Å². The van der Waals surface area contributed by atoms with Gasteiger partial charge >= 0.3 is 0 Å². The fourth-order valence-electron chi connectivity index (χ4n) is 2.67. The van der Waals surface area contributed by atoms with Gasteiger partial charge in [-0.3, -0.25) is 9.59 Å². The van der Waals surface area contributed by atoms with Crippen LogP contribution in [0.2, 0.25) is 0 Å². The van der Waals surface area contributed by atoms with Crippen molar-refractivity contribution in [1.82, 2.24) is 15.2 Å². The summed E-state index contributed by atoms with van der Waals surface area (Å²) >= 11 is 0. The molecule has 2 aromatic rings. The van der Waals surface area contributed by atoms with Crippen molar-refractivity contribution in [3.63, 3.8) is 0 Å². The Morgan fingerprint density at radius 2 is 1.77 bits per heavy atom. The Balaban J connectivity index is 1.57. The molecule has 1 aromatic carbocycles. The second-order valence-corrected chi connectivity index (χ2v) is 5.95. The number of rotatable bonds is 5. The van der Waals surface area contributed by atoms with E-state index in [1.807, 2.05) is 0 Å². The van der Waals surface area contributed by atoms with Crippen molar-refractivity contribution in [2.75, 3.05) is 32.8 Å². The molecule has 2 heterocycles. The lowest BCUT2D eigenvalue weighted by molar-refractivity contribution is 0.0299. The number of amides is 2. The number of hydrogen-bond acceptors (Lipinski definition) is 4. The molecule has 2 amide bonds. The standard InChI is InChI=1S/C19H20FN3O3/c20-15-6-4-14(5-7-15)8-9-21-18(24)16-2-1-3-17(22-16)19(25)23-10-12-26-13-11-23/h1-7H,8-13H2,(H,21,24). The summed E-state index contributed by atoms with van der Waals surface area (Å²) in [6, 6.07) is 11.0. The first kappa shape index (κ1) is 18.0. The second kappa shape index (κ2) is 8.53. The minimum absolute atomic E-state index is 0.197. The number of nitrogens with one attached hydrogen (secondary N) is 1. The molecule has 1 N–H and O–H groups in total. The van der Waals surface area contributed by atoms with Crippen LogP contribution in [0, 0.1) is 5.82 Å². The lowest BCUT2D eigenvalue weighted by Crippen LogP contribution is -2.41. The van der Waals surface area contributed by atoms with Crippen molar-refractivity contribution < 1.29 is 18.7 Å². The Hall–Kier alpha value is -2.80. The Labute approximate surface area is 151 Å². The van der Waals surface area contributed by atoms with Gasteiger partial charge in [0.05, 0.1) is 13.2 Å². The molecular formula is C19H20FN3O3. The van der Waals surface area contributed by atoms with Crippen LogP contribution in [0.3, 0.4) is 0 Å². The molecule has 1 fully saturated rings. The number of halogens is 1. The Morgan fingerprint density at radius 3 is 2.50 bits per heavy atom. The van der Waals surface area contributed by atoms with Gasteiger partial charge < -0.3 is 15.0 Å². The average Bonchev–Trinajstić information content (AvgIpc) is 2.69. The number of aromatic nitrogens is 1. The number of ether oxygens (including phenoxy) is 1. The zero-order chi connectivity index (χ0) is 18.4. The van der Waals surface area contributed by atoms with Crippen LogP contribution in [0.25, 0.3) is 0 Å². The topological polar surface area (TPSA) is 71.5 Å². The van der Waals surface area contributed by atoms with Crippen LogP contribution in [0.1, 0.15) is 26.5 Å². The molecule has 0 bridgehead atoms. The Bertz CT molecular complexity index is 774. The number of morpholine rings is 1. The maximum atomic E-state index is 12.9. The van der Waals surface area contributed by atoms with E-state index >= 15 is 0 Å². The Kier molecular flexibility index (Phi) is 5.91. The van der Waals surface area contributed by atoms with E-state index in [1.54, 1.807) is 35.2 Å². The molecule has 1 aliphatic rings. The number of pyridine rings is 1. The van der Waals surface area contributed by atoms with Gasteiger partial charge in [0.15, 0.2) is 0 Å². The zero-order valence-corrected chi connectivity index (χ0v) is 14.3. The van der Waals surface area contributed by atoms with E-state index < -0.39 is 0 Å². The number of nitrogens with zero attached hydrogens (tertiary/aromatic N) is 2. The molecule has 1 aromatic heterocycles. The van der Waals surface area contributed by atoms with Gasteiger partial charge in [-0.2, -0.15) is 0 Å². The fraction of sp³-hybridized carbons (Fsp3) is 0.316. The molecule has 1 aliphatic heterocycles. The quantitative estimate of drug-likeness (QED) is 0.884. The van der Waals surface area contributed by atoms with Crippen molar-refractivity contribution >= 4 is 11.8 Å². The highest BCUT2D eigenvalue weighted by Crippen LogP contribution is 2.07.